The summed E-state index contributed by atoms with van der Waals surface area (Å²) in [6, 6.07) is 13.5. The van der Waals surface area contributed by atoms with Gasteiger partial charge in [0.15, 0.2) is 0 Å². The molecule has 0 amide bonds. The lowest BCUT2D eigenvalue weighted by molar-refractivity contribution is 0.0600. The Morgan fingerprint density at radius 3 is 2.48 bits per heavy atom. The number of imidazole rings is 1. The largest absolute Gasteiger partial charge is 0.465 e. The quantitative estimate of drug-likeness (QED) is 0.693. The molecule has 0 atom stereocenters. The van der Waals surface area contributed by atoms with Gasteiger partial charge >= 0.3 is 5.97 Å². The summed E-state index contributed by atoms with van der Waals surface area (Å²) in [5.74, 6) is 0.137. The average molecular weight is 310 g/mol. The Labute approximate surface area is 133 Å². The zero-order valence-electron chi connectivity index (χ0n) is 12.6. The number of benzene rings is 2. The lowest BCUT2D eigenvalue weighted by Gasteiger charge is -2.09. The summed E-state index contributed by atoms with van der Waals surface area (Å²) in [6.45, 7) is 0.605. The number of rotatable bonds is 4. The van der Waals surface area contributed by atoms with Crippen LogP contribution in [0.15, 0.2) is 60.9 Å². The van der Waals surface area contributed by atoms with Crippen LogP contribution in [0.3, 0.4) is 0 Å². The SMILES string of the molecule is COC(=O)c1ccc(Cn2ccnc2-c2ccc(F)cc2)cc1. The van der Waals surface area contributed by atoms with Crippen LogP contribution in [0.1, 0.15) is 15.9 Å². The molecule has 116 valence electrons. The Morgan fingerprint density at radius 2 is 1.83 bits per heavy atom. The van der Waals surface area contributed by atoms with E-state index in [1.54, 1.807) is 30.5 Å². The van der Waals surface area contributed by atoms with Gasteiger partial charge in [0.25, 0.3) is 0 Å². The number of halogens is 1. The Hall–Kier alpha value is -2.95. The molecular weight excluding hydrogens is 295 g/mol. The Morgan fingerprint density at radius 1 is 1.13 bits per heavy atom. The number of hydrogen-bond acceptors (Lipinski definition) is 3. The van der Waals surface area contributed by atoms with Gasteiger partial charge in [-0.05, 0) is 42.0 Å². The van der Waals surface area contributed by atoms with Crippen molar-refractivity contribution in [2.75, 3.05) is 7.11 Å². The van der Waals surface area contributed by atoms with Gasteiger partial charge in [0.05, 0.1) is 12.7 Å². The molecule has 2 aromatic carbocycles. The number of carbonyl (C=O) groups excluding carboxylic acids is 1. The predicted molar refractivity (Wildman–Crippen MR) is 84.5 cm³/mol. The van der Waals surface area contributed by atoms with E-state index in [4.69, 9.17) is 0 Å². The molecular formula is C18H15FN2O2. The highest BCUT2D eigenvalue weighted by Gasteiger charge is 2.08. The third kappa shape index (κ3) is 3.29. The van der Waals surface area contributed by atoms with E-state index in [9.17, 15) is 9.18 Å². The first kappa shape index (κ1) is 15.0. The number of ether oxygens (including phenoxy) is 1. The van der Waals surface area contributed by atoms with Gasteiger partial charge < -0.3 is 9.30 Å². The van der Waals surface area contributed by atoms with E-state index < -0.39 is 0 Å². The lowest BCUT2D eigenvalue weighted by Crippen LogP contribution is -2.03. The van der Waals surface area contributed by atoms with Gasteiger partial charge in [0, 0.05) is 24.5 Å². The minimum Gasteiger partial charge on any atom is -0.465 e. The molecule has 0 aliphatic rings. The van der Waals surface area contributed by atoms with E-state index in [-0.39, 0.29) is 11.8 Å². The van der Waals surface area contributed by atoms with Crippen LogP contribution in [0, 0.1) is 5.82 Å². The summed E-state index contributed by atoms with van der Waals surface area (Å²) in [4.78, 5) is 15.8. The zero-order valence-corrected chi connectivity index (χ0v) is 12.6. The topological polar surface area (TPSA) is 44.1 Å². The minimum atomic E-state index is -0.355. The minimum absolute atomic E-state index is 0.273. The van der Waals surface area contributed by atoms with Crippen molar-refractivity contribution in [3.8, 4) is 11.4 Å². The average Bonchev–Trinajstić information content (AvgIpc) is 3.03. The molecule has 1 aromatic heterocycles. The third-order valence-corrected chi connectivity index (χ3v) is 3.55. The molecule has 0 saturated carbocycles. The van der Waals surface area contributed by atoms with Crippen LogP contribution in [0.2, 0.25) is 0 Å². The van der Waals surface area contributed by atoms with Crippen molar-refractivity contribution < 1.29 is 13.9 Å². The van der Waals surface area contributed by atoms with E-state index in [1.807, 2.05) is 22.9 Å². The van der Waals surface area contributed by atoms with Gasteiger partial charge in [-0.25, -0.2) is 14.2 Å². The Bertz CT molecular complexity index is 808. The van der Waals surface area contributed by atoms with Crippen molar-refractivity contribution >= 4 is 5.97 Å². The highest BCUT2D eigenvalue weighted by Crippen LogP contribution is 2.19. The van der Waals surface area contributed by atoms with E-state index in [1.165, 1.54) is 19.2 Å². The highest BCUT2D eigenvalue weighted by atomic mass is 19.1. The Balaban J connectivity index is 1.83. The van der Waals surface area contributed by atoms with Crippen LogP contribution in [0.5, 0.6) is 0 Å². The van der Waals surface area contributed by atoms with Crippen LogP contribution in [-0.4, -0.2) is 22.6 Å². The highest BCUT2D eigenvalue weighted by molar-refractivity contribution is 5.89. The van der Waals surface area contributed by atoms with Crippen molar-refractivity contribution in [2.45, 2.75) is 6.54 Å². The first-order chi connectivity index (χ1) is 11.2. The second kappa shape index (κ2) is 6.44. The van der Waals surface area contributed by atoms with Gasteiger partial charge in [-0.15, -0.1) is 0 Å². The molecule has 0 unspecified atom stereocenters. The number of aromatic nitrogens is 2. The second-order valence-electron chi connectivity index (χ2n) is 5.07. The number of nitrogens with zero attached hydrogens (tertiary/aromatic N) is 2. The van der Waals surface area contributed by atoms with E-state index >= 15 is 0 Å². The molecule has 0 N–H and O–H groups in total. The molecule has 4 nitrogen and oxygen atoms in total. The third-order valence-electron chi connectivity index (χ3n) is 3.55. The summed E-state index contributed by atoms with van der Waals surface area (Å²) in [7, 11) is 1.36. The smallest absolute Gasteiger partial charge is 0.337 e. The number of esters is 1. The van der Waals surface area contributed by atoms with Gasteiger partial charge in [-0.2, -0.15) is 0 Å². The van der Waals surface area contributed by atoms with Gasteiger partial charge in [0.1, 0.15) is 11.6 Å². The monoisotopic (exact) mass is 310 g/mol. The molecule has 0 aliphatic heterocycles. The molecule has 5 heteroatoms. The predicted octanol–water partition coefficient (Wildman–Crippen LogP) is 3.52. The van der Waals surface area contributed by atoms with Crippen LogP contribution in [-0.2, 0) is 11.3 Å². The standard InChI is InChI=1S/C18H15FN2O2/c1-23-18(22)15-4-2-13(3-5-15)12-21-11-10-20-17(21)14-6-8-16(19)9-7-14/h2-11H,12H2,1H3. The van der Waals surface area contributed by atoms with Gasteiger partial charge in [0.2, 0.25) is 0 Å². The molecule has 0 fully saturated rings. The van der Waals surface area contributed by atoms with Crippen molar-refractivity contribution in [1.82, 2.24) is 9.55 Å². The fraction of sp³-hybridized carbons (Fsp3) is 0.111. The summed E-state index contributed by atoms with van der Waals surface area (Å²) >= 11 is 0. The summed E-state index contributed by atoms with van der Waals surface area (Å²) in [5, 5.41) is 0. The van der Waals surface area contributed by atoms with Crippen LogP contribution >= 0.6 is 0 Å². The second-order valence-corrected chi connectivity index (χ2v) is 5.07. The van der Waals surface area contributed by atoms with Crippen molar-refractivity contribution in [3.05, 3.63) is 77.9 Å². The molecule has 0 spiro atoms. The molecule has 3 aromatic rings. The normalized spacial score (nSPS) is 10.5. The van der Waals surface area contributed by atoms with E-state index in [0.717, 1.165) is 17.0 Å². The summed E-state index contributed by atoms with van der Waals surface area (Å²) in [5.41, 5.74) is 2.39. The van der Waals surface area contributed by atoms with Crippen LogP contribution < -0.4 is 0 Å². The summed E-state index contributed by atoms with van der Waals surface area (Å²) in [6.07, 6.45) is 3.58. The van der Waals surface area contributed by atoms with Gasteiger partial charge in [-0.3, -0.25) is 0 Å². The maximum atomic E-state index is 13.0. The Kier molecular flexibility index (Phi) is 4.19. The van der Waals surface area contributed by atoms with E-state index in [2.05, 4.69) is 9.72 Å². The fourth-order valence-corrected chi connectivity index (χ4v) is 2.36. The van der Waals surface area contributed by atoms with Crippen LogP contribution in [0.25, 0.3) is 11.4 Å². The molecule has 0 radical (unpaired) electrons. The van der Waals surface area contributed by atoms with Crippen molar-refractivity contribution in [3.63, 3.8) is 0 Å². The lowest BCUT2D eigenvalue weighted by atomic mass is 10.1. The molecule has 0 aliphatic carbocycles. The number of carbonyl (C=O) groups is 1. The van der Waals surface area contributed by atoms with Gasteiger partial charge in [-0.1, -0.05) is 12.1 Å². The molecule has 1 heterocycles. The fourth-order valence-electron chi connectivity index (χ4n) is 2.36. The zero-order chi connectivity index (χ0) is 16.2. The molecule has 0 saturated heterocycles. The summed E-state index contributed by atoms with van der Waals surface area (Å²) < 4.78 is 19.7. The maximum absolute atomic E-state index is 13.0. The van der Waals surface area contributed by atoms with Crippen LogP contribution in [0.4, 0.5) is 4.39 Å². The van der Waals surface area contributed by atoms with E-state index in [0.29, 0.717) is 12.1 Å². The van der Waals surface area contributed by atoms with Crippen molar-refractivity contribution in [2.24, 2.45) is 0 Å². The van der Waals surface area contributed by atoms with Crippen molar-refractivity contribution in [1.29, 1.82) is 0 Å². The number of hydrogen-bond donors (Lipinski definition) is 0. The molecule has 3 rings (SSSR count). The first-order valence-electron chi connectivity index (χ1n) is 7.11. The number of methoxy groups -OCH3 is 1. The maximum Gasteiger partial charge on any atom is 0.337 e. The first-order valence-corrected chi connectivity index (χ1v) is 7.11. The molecule has 23 heavy (non-hydrogen) atoms. The molecule has 0 bridgehead atoms.